The number of aryl methyl sites for hydroxylation is 2. The second-order valence-electron chi connectivity index (χ2n) is 3.19. The summed E-state index contributed by atoms with van der Waals surface area (Å²) < 4.78 is 0. The van der Waals surface area contributed by atoms with Gasteiger partial charge in [-0.1, -0.05) is 6.92 Å². The van der Waals surface area contributed by atoms with Crippen molar-refractivity contribution in [2.24, 2.45) is 0 Å². The predicted molar refractivity (Wildman–Crippen MR) is 55.4 cm³/mol. The van der Waals surface area contributed by atoms with Crippen molar-refractivity contribution in [3.63, 3.8) is 0 Å². The number of carbonyl (C=O) groups is 1. The molecule has 0 aliphatic heterocycles. The molecule has 0 saturated carbocycles. The zero-order valence-electron chi connectivity index (χ0n) is 8.77. The number of urea groups is 1. The van der Waals surface area contributed by atoms with Crippen LogP contribution in [0.2, 0.25) is 0 Å². The minimum Gasteiger partial charge on any atom is -0.338 e. The number of nitrogens with one attached hydrogen (secondary N) is 3. The Hall–Kier alpha value is -1.52. The van der Waals surface area contributed by atoms with Crippen LogP contribution < -0.4 is 10.6 Å². The summed E-state index contributed by atoms with van der Waals surface area (Å²) in [6.45, 7) is 6.41. The van der Waals surface area contributed by atoms with Crippen LogP contribution in [0, 0.1) is 13.8 Å². The van der Waals surface area contributed by atoms with Crippen molar-refractivity contribution in [2.45, 2.75) is 27.2 Å². The van der Waals surface area contributed by atoms with E-state index in [4.69, 9.17) is 0 Å². The molecule has 1 aromatic rings. The third-order valence-corrected chi connectivity index (χ3v) is 1.90. The minimum absolute atomic E-state index is 0.181. The zero-order valence-corrected chi connectivity index (χ0v) is 8.77. The standard InChI is InChI=1S/C9H16N4O/c1-4-5-10-9(14)11-8-6(2)12-13-7(8)3/h4-5H2,1-3H3,(H,12,13)(H2,10,11,14). The van der Waals surface area contributed by atoms with Gasteiger partial charge < -0.3 is 10.6 Å². The van der Waals surface area contributed by atoms with E-state index in [0.29, 0.717) is 6.54 Å². The fourth-order valence-corrected chi connectivity index (χ4v) is 1.13. The van der Waals surface area contributed by atoms with Gasteiger partial charge in [-0.3, -0.25) is 5.10 Å². The van der Waals surface area contributed by atoms with Gasteiger partial charge in [0.25, 0.3) is 0 Å². The summed E-state index contributed by atoms with van der Waals surface area (Å²) in [6, 6.07) is -0.181. The van der Waals surface area contributed by atoms with Crippen LogP contribution in [-0.4, -0.2) is 22.8 Å². The summed E-state index contributed by atoms with van der Waals surface area (Å²) in [4.78, 5) is 11.3. The van der Waals surface area contributed by atoms with Gasteiger partial charge in [0, 0.05) is 6.54 Å². The van der Waals surface area contributed by atoms with E-state index < -0.39 is 0 Å². The molecule has 0 unspecified atom stereocenters. The number of aromatic amines is 1. The Kier molecular flexibility index (Phi) is 3.50. The Morgan fingerprint density at radius 3 is 2.71 bits per heavy atom. The summed E-state index contributed by atoms with van der Waals surface area (Å²) in [7, 11) is 0. The van der Waals surface area contributed by atoms with Gasteiger partial charge in [-0.25, -0.2) is 4.79 Å². The van der Waals surface area contributed by atoms with Crippen LogP contribution in [0.15, 0.2) is 0 Å². The molecule has 0 aromatic carbocycles. The van der Waals surface area contributed by atoms with Gasteiger partial charge in [0.15, 0.2) is 0 Å². The average Bonchev–Trinajstić information content (AvgIpc) is 2.46. The van der Waals surface area contributed by atoms with Crippen LogP contribution in [0.25, 0.3) is 0 Å². The molecule has 1 rings (SSSR count). The first-order chi connectivity index (χ1) is 6.65. The van der Waals surface area contributed by atoms with Gasteiger partial charge in [0.05, 0.1) is 17.1 Å². The molecule has 78 valence electrons. The average molecular weight is 196 g/mol. The van der Waals surface area contributed by atoms with Gasteiger partial charge in [-0.2, -0.15) is 5.10 Å². The lowest BCUT2D eigenvalue weighted by atomic mass is 10.3. The van der Waals surface area contributed by atoms with Crippen LogP contribution in [-0.2, 0) is 0 Å². The fourth-order valence-electron chi connectivity index (χ4n) is 1.13. The number of anilines is 1. The van der Waals surface area contributed by atoms with Crippen LogP contribution in [0.4, 0.5) is 10.5 Å². The highest BCUT2D eigenvalue weighted by Crippen LogP contribution is 2.15. The molecule has 1 aromatic heterocycles. The summed E-state index contributed by atoms with van der Waals surface area (Å²) in [5.41, 5.74) is 2.43. The van der Waals surface area contributed by atoms with Crippen molar-refractivity contribution in [3.05, 3.63) is 11.4 Å². The lowest BCUT2D eigenvalue weighted by Crippen LogP contribution is -2.29. The van der Waals surface area contributed by atoms with Crippen molar-refractivity contribution in [1.82, 2.24) is 15.5 Å². The highest BCUT2D eigenvalue weighted by Gasteiger charge is 2.08. The molecule has 5 nitrogen and oxygen atoms in total. The number of hydrogen-bond acceptors (Lipinski definition) is 2. The Bertz CT molecular complexity index is 299. The number of rotatable bonds is 3. The summed E-state index contributed by atoms with van der Waals surface area (Å²) in [5, 5.41) is 12.3. The van der Waals surface area contributed by atoms with Crippen LogP contribution in [0.3, 0.4) is 0 Å². The molecule has 0 aliphatic rings. The van der Waals surface area contributed by atoms with Gasteiger partial charge in [-0.15, -0.1) is 0 Å². The predicted octanol–water partition coefficient (Wildman–Crippen LogP) is 1.56. The molecule has 5 heteroatoms. The fraction of sp³-hybridized carbons (Fsp3) is 0.556. The lowest BCUT2D eigenvalue weighted by molar-refractivity contribution is 0.252. The molecule has 3 N–H and O–H groups in total. The smallest absolute Gasteiger partial charge is 0.319 e. The molecule has 0 radical (unpaired) electrons. The largest absolute Gasteiger partial charge is 0.338 e. The molecule has 0 spiro atoms. The highest BCUT2D eigenvalue weighted by molar-refractivity contribution is 5.90. The van der Waals surface area contributed by atoms with E-state index in [1.54, 1.807) is 0 Å². The van der Waals surface area contributed by atoms with Gasteiger partial charge in [0.2, 0.25) is 0 Å². The van der Waals surface area contributed by atoms with Crippen molar-refractivity contribution < 1.29 is 4.79 Å². The number of carbonyl (C=O) groups excluding carboxylic acids is 1. The van der Waals surface area contributed by atoms with E-state index in [1.807, 2.05) is 20.8 Å². The zero-order chi connectivity index (χ0) is 10.6. The molecule has 0 aliphatic carbocycles. The number of nitrogens with zero attached hydrogens (tertiary/aromatic N) is 1. The van der Waals surface area contributed by atoms with Crippen molar-refractivity contribution in [2.75, 3.05) is 11.9 Å². The van der Waals surface area contributed by atoms with E-state index in [0.717, 1.165) is 23.5 Å². The monoisotopic (exact) mass is 196 g/mol. The normalized spacial score (nSPS) is 9.93. The Morgan fingerprint density at radius 1 is 1.50 bits per heavy atom. The molecule has 2 amide bonds. The van der Waals surface area contributed by atoms with Crippen molar-refractivity contribution in [1.29, 1.82) is 0 Å². The Labute approximate surface area is 83.3 Å². The quantitative estimate of drug-likeness (QED) is 0.686. The second-order valence-corrected chi connectivity index (χ2v) is 3.19. The number of amides is 2. The maximum atomic E-state index is 11.3. The van der Waals surface area contributed by atoms with E-state index >= 15 is 0 Å². The van der Waals surface area contributed by atoms with E-state index in [-0.39, 0.29) is 6.03 Å². The Morgan fingerprint density at radius 2 is 2.21 bits per heavy atom. The van der Waals surface area contributed by atoms with E-state index in [2.05, 4.69) is 20.8 Å². The summed E-state index contributed by atoms with van der Waals surface area (Å²) >= 11 is 0. The Balaban J connectivity index is 2.55. The lowest BCUT2D eigenvalue weighted by Gasteiger charge is -2.05. The molecule has 0 atom stereocenters. The van der Waals surface area contributed by atoms with Crippen molar-refractivity contribution >= 4 is 11.7 Å². The first-order valence-electron chi connectivity index (χ1n) is 4.71. The molecular formula is C9H16N4O. The maximum Gasteiger partial charge on any atom is 0.319 e. The van der Waals surface area contributed by atoms with Gasteiger partial charge >= 0.3 is 6.03 Å². The van der Waals surface area contributed by atoms with E-state index in [1.165, 1.54) is 0 Å². The van der Waals surface area contributed by atoms with Crippen LogP contribution in [0.1, 0.15) is 24.7 Å². The third kappa shape index (κ3) is 2.48. The maximum absolute atomic E-state index is 11.3. The molecular weight excluding hydrogens is 180 g/mol. The first-order valence-corrected chi connectivity index (χ1v) is 4.71. The van der Waals surface area contributed by atoms with Crippen LogP contribution >= 0.6 is 0 Å². The van der Waals surface area contributed by atoms with Crippen molar-refractivity contribution in [3.8, 4) is 0 Å². The molecule has 0 bridgehead atoms. The van der Waals surface area contributed by atoms with E-state index in [9.17, 15) is 4.79 Å². The molecule has 0 saturated heterocycles. The van der Waals surface area contributed by atoms with Gasteiger partial charge in [0.1, 0.15) is 0 Å². The molecule has 14 heavy (non-hydrogen) atoms. The summed E-state index contributed by atoms with van der Waals surface area (Å²) in [5.74, 6) is 0. The third-order valence-electron chi connectivity index (χ3n) is 1.90. The number of H-pyrrole nitrogens is 1. The second kappa shape index (κ2) is 4.64. The molecule has 1 heterocycles. The molecule has 0 fully saturated rings. The topological polar surface area (TPSA) is 69.8 Å². The first kappa shape index (κ1) is 10.6. The van der Waals surface area contributed by atoms with Crippen LogP contribution in [0.5, 0.6) is 0 Å². The SMILES string of the molecule is CCCNC(=O)Nc1c(C)n[nH]c1C. The number of hydrogen-bond donors (Lipinski definition) is 3. The minimum atomic E-state index is -0.181. The highest BCUT2D eigenvalue weighted by atomic mass is 16.2. The summed E-state index contributed by atoms with van der Waals surface area (Å²) in [6.07, 6.45) is 0.927. The number of aromatic nitrogens is 2. The van der Waals surface area contributed by atoms with Gasteiger partial charge in [-0.05, 0) is 20.3 Å².